The summed E-state index contributed by atoms with van der Waals surface area (Å²) in [5.74, 6) is 0.124. The lowest BCUT2D eigenvalue weighted by atomic mass is 9.97. The number of hydrogen-bond acceptors (Lipinski definition) is 5. The molecule has 0 fully saturated rings. The summed E-state index contributed by atoms with van der Waals surface area (Å²) < 4.78 is 11.1. The van der Waals surface area contributed by atoms with Gasteiger partial charge in [0, 0.05) is 5.41 Å². The van der Waals surface area contributed by atoms with Crippen molar-refractivity contribution in [2.45, 2.75) is 39.7 Å². The van der Waals surface area contributed by atoms with Crippen LogP contribution in [0, 0.1) is 6.92 Å². The molecule has 0 aliphatic heterocycles. The van der Waals surface area contributed by atoms with Crippen LogP contribution in [0.25, 0.3) is 0 Å². The van der Waals surface area contributed by atoms with Crippen molar-refractivity contribution >= 4 is 5.97 Å². The van der Waals surface area contributed by atoms with Crippen molar-refractivity contribution in [1.82, 2.24) is 10.2 Å². The minimum atomic E-state index is -1.03. The molecule has 0 aliphatic rings. The number of aryl methyl sites for hydroxylation is 1. The molecule has 0 atom stereocenters. The second-order valence-electron chi connectivity index (χ2n) is 5.80. The van der Waals surface area contributed by atoms with Gasteiger partial charge in [-0.1, -0.05) is 32.9 Å². The molecule has 0 spiro atoms. The fourth-order valence-electron chi connectivity index (χ4n) is 1.76. The number of nitrogens with zero attached hydrogens (tertiary/aromatic N) is 2. The largest absolute Gasteiger partial charge is 0.483 e. The molecule has 6 nitrogen and oxygen atoms in total. The number of aromatic carboxylic acids is 1. The second-order valence-corrected chi connectivity index (χ2v) is 5.80. The summed E-state index contributed by atoms with van der Waals surface area (Å²) in [6, 6.07) is 4.96. The van der Waals surface area contributed by atoms with E-state index in [0.29, 0.717) is 17.5 Å². The predicted octanol–water partition coefficient (Wildman–Crippen LogP) is 2.95. The Hall–Kier alpha value is -2.37. The molecule has 6 heteroatoms. The first-order valence-corrected chi connectivity index (χ1v) is 6.57. The average molecular weight is 290 g/mol. The maximum atomic E-state index is 11.2. The number of rotatable bonds is 4. The third kappa shape index (κ3) is 3.39. The molecule has 112 valence electrons. The molecule has 0 saturated heterocycles. The van der Waals surface area contributed by atoms with Gasteiger partial charge in [-0.3, -0.25) is 0 Å². The molecule has 0 bridgehead atoms. The van der Waals surface area contributed by atoms with Gasteiger partial charge >= 0.3 is 5.97 Å². The number of carboxylic acid groups (broad SMARTS) is 1. The van der Waals surface area contributed by atoms with Crippen LogP contribution in [-0.2, 0) is 12.0 Å². The van der Waals surface area contributed by atoms with Crippen LogP contribution in [0.15, 0.2) is 22.6 Å². The molecule has 0 saturated carbocycles. The Balaban J connectivity index is 2.17. The molecule has 2 rings (SSSR count). The van der Waals surface area contributed by atoms with Gasteiger partial charge < -0.3 is 14.3 Å². The third-order valence-electron chi connectivity index (χ3n) is 2.89. The highest BCUT2D eigenvalue weighted by Crippen LogP contribution is 2.25. The molecular weight excluding hydrogens is 272 g/mol. The van der Waals surface area contributed by atoms with E-state index in [1.165, 1.54) is 6.07 Å². The molecular formula is C15H18N2O4. The van der Waals surface area contributed by atoms with E-state index in [1.807, 2.05) is 20.8 Å². The summed E-state index contributed by atoms with van der Waals surface area (Å²) in [5.41, 5.74) is 0.621. The van der Waals surface area contributed by atoms with Crippen LogP contribution in [0.2, 0.25) is 0 Å². The second kappa shape index (κ2) is 5.55. The Morgan fingerprint density at radius 1 is 1.33 bits per heavy atom. The topological polar surface area (TPSA) is 85.5 Å². The number of ether oxygens (including phenoxy) is 1. The fourth-order valence-corrected chi connectivity index (χ4v) is 1.76. The Morgan fingerprint density at radius 3 is 2.62 bits per heavy atom. The summed E-state index contributed by atoms with van der Waals surface area (Å²) in [4.78, 5) is 11.2. The summed E-state index contributed by atoms with van der Waals surface area (Å²) in [5, 5.41) is 17.0. The van der Waals surface area contributed by atoms with Crippen LogP contribution in [0.4, 0.5) is 0 Å². The maximum absolute atomic E-state index is 11.2. The van der Waals surface area contributed by atoms with E-state index in [1.54, 1.807) is 19.1 Å². The lowest BCUT2D eigenvalue weighted by Crippen LogP contribution is -2.11. The molecule has 2 aromatic rings. The summed E-state index contributed by atoms with van der Waals surface area (Å²) in [7, 11) is 0. The molecule has 0 amide bonds. The smallest absolute Gasteiger partial charge is 0.339 e. The quantitative estimate of drug-likeness (QED) is 0.931. The highest BCUT2D eigenvalue weighted by Gasteiger charge is 2.22. The van der Waals surface area contributed by atoms with Crippen molar-refractivity contribution in [1.29, 1.82) is 0 Å². The van der Waals surface area contributed by atoms with Gasteiger partial charge in [0.25, 0.3) is 5.89 Å². The van der Waals surface area contributed by atoms with Gasteiger partial charge in [-0.15, -0.1) is 10.2 Å². The van der Waals surface area contributed by atoms with Crippen molar-refractivity contribution in [3.05, 3.63) is 41.1 Å². The van der Waals surface area contributed by atoms with Crippen molar-refractivity contribution in [2.24, 2.45) is 0 Å². The molecule has 0 radical (unpaired) electrons. The summed E-state index contributed by atoms with van der Waals surface area (Å²) in [6.45, 7) is 7.73. The van der Waals surface area contributed by atoms with E-state index < -0.39 is 5.97 Å². The van der Waals surface area contributed by atoms with Crippen molar-refractivity contribution in [2.75, 3.05) is 0 Å². The SMILES string of the molecule is Cc1cccc(C(=O)O)c1OCc1nnc(C(C)(C)C)o1. The number of hydrogen-bond donors (Lipinski definition) is 1. The standard InChI is InChI=1S/C15H18N2O4/c1-9-6-5-7-10(13(18)19)12(9)20-8-11-16-17-14(21-11)15(2,3)4/h5-7H,8H2,1-4H3,(H,18,19). The minimum Gasteiger partial charge on any atom is -0.483 e. The molecule has 1 N–H and O–H groups in total. The summed E-state index contributed by atoms with van der Waals surface area (Å²) >= 11 is 0. The van der Waals surface area contributed by atoms with Gasteiger partial charge in [0.05, 0.1) is 0 Å². The third-order valence-corrected chi connectivity index (χ3v) is 2.89. The van der Waals surface area contributed by atoms with E-state index in [4.69, 9.17) is 14.3 Å². The Morgan fingerprint density at radius 2 is 2.05 bits per heavy atom. The van der Waals surface area contributed by atoms with Gasteiger partial charge in [0.1, 0.15) is 11.3 Å². The zero-order valence-electron chi connectivity index (χ0n) is 12.5. The van der Waals surface area contributed by atoms with E-state index in [-0.39, 0.29) is 17.6 Å². The number of carboxylic acids is 1. The Kier molecular flexibility index (Phi) is 3.97. The number of benzene rings is 1. The van der Waals surface area contributed by atoms with Crippen LogP contribution in [0.3, 0.4) is 0 Å². The van der Waals surface area contributed by atoms with E-state index in [9.17, 15) is 4.79 Å². The van der Waals surface area contributed by atoms with Crippen molar-refractivity contribution in [3.8, 4) is 5.75 Å². The van der Waals surface area contributed by atoms with Crippen LogP contribution in [0.1, 0.15) is 48.5 Å². The molecule has 0 unspecified atom stereocenters. The zero-order chi connectivity index (χ0) is 15.6. The van der Waals surface area contributed by atoms with Crippen molar-refractivity contribution in [3.63, 3.8) is 0 Å². The molecule has 1 aromatic heterocycles. The van der Waals surface area contributed by atoms with Crippen molar-refractivity contribution < 1.29 is 19.1 Å². The van der Waals surface area contributed by atoms with Gasteiger partial charge in [-0.25, -0.2) is 4.79 Å². The molecule has 0 aliphatic carbocycles. The number of aromatic nitrogens is 2. The molecule has 1 aromatic carbocycles. The van der Waals surface area contributed by atoms with Gasteiger partial charge in [0.15, 0.2) is 6.61 Å². The van der Waals surface area contributed by atoms with Gasteiger partial charge in [-0.2, -0.15) is 0 Å². The highest BCUT2D eigenvalue weighted by atomic mass is 16.5. The van der Waals surface area contributed by atoms with E-state index in [0.717, 1.165) is 5.56 Å². The van der Waals surface area contributed by atoms with E-state index >= 15 is 0 Å². The van der Waals surface area contributed by atoms with Crippen LogP contribution >= 0.6 is 0 Å². The number of carbonyl (C=O) groups is 1. The Labute approximate surface area is 122 Å². The monoisotopic (exact) mass is 290 g/mol. The van der Waals surface area contributed by atoms with Crippen LogP contribution in [-0.4, -0.2) is 21.3 Å². The predicted molar refractivity (Wildman–Crippen MR) is 75.5 cm³/mol. The van der Waals surface area contributed by atoms with Gasteiger partial charge in [-0.05, 0) is 18.6 Å². The fraction of sp³-hybridized carbons (Fsp3) is 0.400. The normalized spacial score (nSPS) is 11.4. The maximum Gasteiger partial charge on any atom is 0.339 e. The van der Waals surface area contributed by atoms with E-state index in [2.05, 4.69) is 10.2 Å². The summed E-state index contributed by atoms with van der Waals surface area (Å²) in [6.07, 6.45) is 0. The Bertz CT molecular complexity index is 656. The van der Waals surface area contributed by atoms with Crippen LogP contribution < -0.4 is 4.74 Å². The lowest BCUT2D eigenvalue weighted by molar-refractivity contribution is 0.0691. The lowest BCUT2D eigenvalue weighted by Gasteiger charge is -2.12. The van der Waals surface area contributed by atoms with Gasteiger partial charge in [0.2, 0.25) is 5.89 Å². The number of para-hydroxylation sites is 1. The first kappa shape index (κ1) is 15.0. The molecule has 1 heterocycles. The molecule has 21 heavy (non-hydrogen) atoms. The van der Waals surface area contributed by atoms with Crippen LogP contribution in [0.5, 0.6) is 5.75 Å². The first-order valence-electron chi connectivity index (χ1n) is 6.57. The average Bonchev–Trinajstić information content (AvgIpc) is 2.85. The zero-order valence-corrected chi connectivity index (χ0v) is 12.5. The minimum absolute atomic E-state index is 0.0359. The highest BCUT2D eigenvalue weighted by molar-refractivity contribution is 5.91. The first-order chi connectivity index (χ1) is 9.79.